The fraction of sp³-hybridized carbons (Fsp3) is 0.800. The van der Waals surface area contributed by atoms with Crippen LogP contribution in [-0.4, -0.2) is 35.2 Å². The van der Waals surface area contributed by atoms with Crippen molar-refractivity contribution in [2.75, 3.05) is 13.2 Å². The van der Waals surface area contributed by atoms with E-state index in [9.17, 15) is 4.79 Å². The van der Waals surface area contributed by atoms with E-state index in [1.807, 2.05) is 0 Å². The van der Waals surface area contributed by atoms with Crippen molar-refractivity contribution in [1.82, 2.24) is 0 Å². The molecule has 0 atom stereocenters. The molecule has 0 bridgehead atoms. The first kappa shape index (κ1) is 11.4. The molecule has 0 radical (unpaired) electrons. The highest BCUT2D eigenvalue weighted by Gasteiger charge is 2.20. The lowest BCUT2D eigenvalue weighted by atomic mass is 9.96. The zero-order valence-electron chi connectivity index (χ0n) is 5.29. The molecule has 4 N–H and O–H groups in total. The molecule has 0 heterocycles. The number of hydrogen-bond donors (Lipinski definition) is 2. The van der Waals surface area contributed by atoms with Gasteiger partial charge >= 0.3 is 0 Å². The molecular weight excluding hydrogens is 124 g/mol. The molecule has 0 aromatic rings. The molecule has 0 aliphatic heterocycles. The topological polar surface area (TPSA) is 89.0 Å². The van der Waals surface area contributed by atoms with Crippen LogP contribution in [0.4, 0.5) is 0 Å². The molecule has 0 aliphatic carbocycles. The average Bonchev–Trinajstić information content (AvgIpc) is 1.87. The maximum atomic E-state index is 9.97. The Morgan fingerprint density at radius 3 is 1.78 bits per heavy atom. The van der Waals surface area contributed by atoms with E-state index in [2.05, 4.69) is 0 Å². The average molecular weight is 136 g/mol. The van der Waals surface area contributed by atoms with E-state index >= 15 is 0 Å². The number of carbonyl (C=O) groups is 1. The molecule has 0 aromatic heterocycles. The highest BCUT2D eigenvalue weighted by atomic mass is 16.3. The van der Waals surface area contributed by atoms with E-state index in [1.165, 1.54) is 6.92 Å². The molecule has 0 saturated heterocycles. The van der Waals surface area contributed by atoms with Gasteiger partial charge in [0.25, 0.3) is 0 Å². The molecule has 0 unspecified atom stereocenters. The normalized spacial score (nSPS) is 10.1. The van der Waals surface area contributed by atoms with Crippen LogP contribution in [0.5, 0.6) is 0 Å². The summed E-state index contributed by atoms with van der Waals surface area (Å²) in [6.07, 6.45) is 0.549. The van der Waals surface area contributed by atoms with Crippen molar-refractivity contribution in [2.24, 2.45) is 5.41 Å². The van der Waals surface area contributed by atoms with E-state index in [-0.39, 0.29) is 18.7 Å². The monoisotopic (exact) mass is 136 g/mol. The minimum Gasteiger partial charge on any atom is -0.412 e. The van der Waals surface area contributed by atoms with Crippen molar-refractivity contribution in [1.29, 1.82) is 0 Å². The number of aldehydes is 1. The Balaban J connectivity index is 0. The first-order valence-electron chi connectivity index (χ1n) is 2.36. The second-order valence-electron chi connectivity index (χ2n) is 2.09. The van der Waals surface area contributed by atoms with Gasteiger partial charge in [0, 0.05) is 0 Å². The zero-order valence-corrected chi connectivity index (χ0v) is 5.29. The van der Waals surface area contributed by atoms with Crippen molar-refractivity contribution in [3.63, 3.8) is 0 Å². The summed E-state index contributed by atoms with van der Waals surface area (Å²) in [7, 11) is 0. The predicted molar refractivity (Wildman–Crippen MR) is 32.0 cm³/mol. The molecule has 0 amide bonds. The fourth-order valence-corrected chi connectivity index (χ4v) is 0.125. The first-order valence-corrected chi connectivity index (χ1v) is 2.36. The van der Waals surface area contributed by atoms with Crippen LogP contribution < -0.4 is 0 Å². The van der Waals surface area contributed by atoms with Gasteiger partial charge in [-0.1, -0.05) is 0 Å². The van der Waals surface area contributed by atoms with Gasteiger partial charge in [-0.15, -0.1) is 0 Å². The third-order valence-corrected chi connectivity index (χ3v) is 1.01. The highest BCUT2D eigenvalue weighted by Crippen LogP contribution is 2.07. The van der Waals surface area contributed by atoms with Crippen LogP contribution in [0.3, 0.4) is 0 Å². The maximum Gasteiger partial charge on any atom is 0.130 e. The summed E-state index contributed by atoms with van der Waals surface area (Å²) in [5, 5.41) is 16.8. The van der Waals surface area contributed by atoms with Crippen LogP contribution in [-0.2, 0) is 4.79 Å². The van der Waals surface area contributed by atoms with E-state index in [1.54, 1.807) is 0 Å². The van der Waals surface area contributed by atoms with Crippen LogP contribution in [0, 0.1) is 5.41 Å². The summed E-state index contributed by atoms with van der Waals surface area (Å²) in [4.78, 5) is 9.97. The van der Waals surface area contributed by atoms with E-state index < -0.39 is 5.41 Å². The van der Waals surface area contributed by atoms with Crippen molar-refractivity contribution >= 4 is 6.29 Å². The summed E-state index contributed by atoms with van der Waals surface area (Å²) in [6, 6.07) is 0. The molecular formula is C5H12O4. The van der Waals surface area contributed by atoms with Crippen LogP contribution in [0.2, 0.25) is 0 Å². The molecule has 0 rings (SSSR count). The molecule has 0 saturated carbocycles. The third-order valence-electron chi connectivity index (χ3n) is 1.01. The molecule has 0 spiro atoms. The van der Waals surface area contributed by atoms with Gasteiger partial charge in [0.05, 0.1) is 18.6 Å². The van der Waals surface area contributed by atoms with Gasteiger partial charge in [-0.3, -0.25) is 0 Å². The molecule has 56 valence electrons. The fourth-order valence-electron chi connectivity index (χ4n) is 0.125. The van der Waals surface area contributed by atoms with Crippen LogP contribution in [0.15, 0.2) is 0 Å². The Bertz CT molecular complexity index is 77.0. The third kappa shape index (κ3) is 3.18. The molecule has 0 fully saturated rings. The zero-order chi connectivity index (χ0) is 6.62. The second-order valence-corrected chi connectivity index (χ2v) is 2.09. The van der Waals surface area contributed by atoms with Gasteiger partial charge < -0.3 is 20.5 Å². The summed E-state index contributed by atoms with van der Waals surface area (Å²) < 4.78 is 0. The van der Waals surface area contributed by atoms with E-state index in [0.29, 0.717) is 6.29 Å². The lowest BCUT2D eigenvalue weighted by Crippen LogP contribution is -2.27. The largest absolute Gasteiger partial charge is 0.412 e. The van der Waals surface area contributed by atoms with Crippen LogP contribution in [0.1, 0.15) is 6.92 Å². The second kappa shape index (κ2) is 4.43. The van der Waals surface area contributed by atoms with E-state index in [0.717, 1.165) is 0 Å². The van der Waals surface area contributed by atoms with Gasteiger partial charge in [0.2, 0.25) is 0 Å². The van der Waals surface area contributed by atoms with Crippen molar-refractivity contribution in [3.8, 4) is 0 Å². The highest BCUT2D eigenvalue weighted by molar-refractivity contribution is 5.58. The van der Waals surface area contributed by atoms with Gasteiger partial charge in [-0.05, 0) is 6.92 Å². The number of carbonyl (C=O) groups excluding carboxylic acids is 1. The number of aliphatic hydroxyl groups excluding tert-OH is 2. The quantitative estimate of drug-likeness (QED) is 0.455. The van der Waals surface area contributed by atoms with E-state index in [4.69, 9.17) is 10.2 Å². The molecule has 0 aliphatic rings. The summed E-state index contributed by atoms with van der Waals surface area (Å²) in [5.41, 5.74) is -0.944. The Labute approximate surface area is 53.4 Å². The first-order chi connectivity index (χ1) is 3.68. The Kier molecular flexibility index (Phi) is 5.59. The maximum absolute atomic E-state index is 9.97. The Hall–Kier alpha value is -0.450. The lowest BCUT2D eigenvalue weighted by Gasteiger charge is -2.14. The molecule has 4 nitrogen and oxygen atoms in total. The summed E-state index contributed by atoms with van der Waals surface area (Å²) in [6.45, 7) is 0.889. The van der Waals surface area contributed by atoms with Gasteiger partial charge in [-0.25, -0.2) is 0 Å². The molecule has 0 aromatic carbocycles. The van der Waals surface area contributed by atoms with Gasteiger partial charge in [-0.2, -0.15) is 0 Å². The van der Waals surface area contributed by atoms with Gasteiger partial charge in [0.1, 0.15) is 6.29 Å². The van der Waals surface area contributed by atoms with Crippen molar-refractivity contribution in [3.05, 3.63) is 0 Å². The number of rotatable bonds is 3. The predicted octanol–water partition coefficient (Wildman–Crippen LogP) is -1.65. The number of aliphatic hydroxyl groups is 2. The van der Waals surface area contributed by atoms with Crippen molar-refractivity contribution in [2.45, 2.75) is 6.92 Å². The Morgan fingerprint density at radius 1 is 1.44 bits per heavy atom. The molecule has 4 heteroatoms. The van der Waals surface area contributed by atoms with Gasteiger partial charge in [0.15, 0.2) is 0 Å². The van der Waals surface area contributed by atoms with Crippen LogP contribution in [0.25, 0.3) is 0 Å². The molecule has 9 heavy (non-hydrogen) atoms. The Morgan fingerprint density at radius 2 is 1.78 bits per heavy atom. The summed E-state index contributed by atoms with van der Waals surface area (Å²) >= 11 is 0. The van der Waals surface area contributed by atoms with Crippen LogP contribution >= 0.6 is 0 Å². The standard InChI is InChI=1S/C5H10O3.H2O/c1-5(2-6,3-7)4-8;/h2,7-8H,3-4H2,1H3;1H2. The minimum atomic E-state index is -0.944. The SMILES string of the molecule is CC(C=O)(CO)CO.O. The summed E-state index contributed by atoms with van der Waals surface area (Å²) in [5.74, 6) is 0. The number of hydrogen-bond acceptors (Lipinski definition) is 3. The smallest absolute Gasteiger partial charge is 0.130 e. The lowest BCUT2D eigenvalue weighted by molar-refractivity contribution is -0.119. The van der Waals surface area contributed by atoms with Crippen molar-refractivity contribution < 1.29 is 20.5 Å². The minimum absolute atomic E-state index is 0.